The van der Waals surface area contributed by atoms with E-state index in [2.05, 4.69) is 0 Å². The molecule has 0 aliphatic carbocycles. The predicted molar refractivity (Wildman–Crippen MR) is 51.8 cm³/mol. The van der Waals surface area contributed by atoms with Crippen LogP contribution < -0.4 is 17.2 Å². The summed E-state index contributed by atoms with van der Waals surface area (Å²) >= 11 is 0. The third-order valence-electron chi connectivity index (χ3n) is 0.886. The summed E-state index contributed by atoms with van der Waals surface area (Å²) in [5.74, 6) is 0. The smallest absolute Gasteiger partial charge is 0.306 e. The quantitative estimate of drug-likeness (QED) is 0.433. The number of phosphoric ester groups is 1. The molecule has 0 saturated heterocycles. The highest BCUT2D eigenvalue weighted by atomic mass is 31.2. The van der Waals surface area contributed by atoms with Gasteiger partial charge in [0, 0.05) is 0 Å². The molecule has 0 aliphatic heterocycles. The number of rotatable bonds is 6. The molecule has 0 rings (SSSR count). The van der Waals surface area contributed by atoms with Crippen molar-refractivity contribution < 1.29 is 18.1 Å². The van der Waals surface area contributed by atoms with Crippen LogP contribution in [0.25, 0.3) is 0 Å². The van der Waals surface area contributed by atoms with Gasteiger partial charge in [0.25, 0.3) is 0 Å². The first-order valence-corrected chi connectivity index (χ1v) is 5.63. The number of hydrogen-bond donors (Lipinski definition) is 3. The van der Waals surface area contributed by atoms with Crippen molar-refractivity contribution in [2.75, 3.05) is 0 Å². The predicted octanol–water partition coefficient (Wildman–Crippen LogP) is 0.0584. The summed E-state index contributed by atoms with van der Waals surface area (Å²) in [5.41, 5.74) is 15.9. The van der Waals surface area contributed by atoms with Gasteiger partial charge in [0.15, 0.2) is 0 Å². The van der Waals surface area contributed by atoms with Crippen molar-refractivity contribution in [1.29, 1.82) is 0 Å². The van der Waals surface area contributed by atoms with Crippen LogP contribution in [0.3, 0.4) is 0 Å². The minimum absolute atomic E-state index is 0.793. The maximum absolute atomic E-state index is 11.7. The zero-order chi connectivity index (χ0) is 11.4. The van der Waals surface area contributed by atoms with Gasteiger partial charge in [-0.15, -0.1) is 0 Å². The first-order valence-electron chi connectivity index (χ1n) is 4.17. The Bertz CT molecular complexity index is 176. The molecule has 8 heteroatoms. The van der Waals surface area contributed by atoms with E-state index in [4.69, 9.17) is 30.8 Å². The van der Waals surface area contributed by atoms with Crippen molar-refractivity contribution in [2.45, 2.75) is 39.5 Å². The van der Waals surface area contributed by atoms with Crippen LogP contribution in [0.2, 0.25) is 0 Å². The van der Waals surface area contributed by atoms with E-state index in [1.54, 1.807) is 0 Å². The van der Waals surface area contributed by atoms with Crippen LogP contribution in [0.1, 0.15) is 20.8 Å². The fraction of sp³-hybridized carbons (Fsp3) is 1.00. The molecule has 0 fully saturated rings. The molecule has 3 atom stereocenters. The molecular formula is C6H18N3O4P. The molecule has 6 N–H and O–H groups in total. The Balaban J connectivity index is 4.41. The van der Waals surface area contributed by atoms with Gasteiger partial charge in [0.05, 0.1) is 0 Å². The molecule has 7 nitrogen and oxygen atoms in total. The Kier molecular flexibility index (Phi) is 5.77. The molecule has 0 heterocycles. The Morgan fingerprint density at radius 3 is 1.21 bits per heavy atom. The van der Waals surface area contributed by atoms with Crippen LogP contribution >= 0.6 is 7.82 Å². The monoisotopic (exact) mass is 227 g/mol. The molecule has 3 unspecified atom stereocenters. The number of phosphoric acid groups is 1. The van der Waals surface area contributed by atoms with Gasteiger partial charge in [-0.2, -0.15) is 0 Å². The molecule has 0 aromatic rings. The highest BCUT2D eigenvalue weighted by Crippen LogP contribution is 2.51. The van der Waals surface area contributed by atoms with E-state index in [1.807, 2.05) is 0 Å². The van der Waals surface area contributed by atoms with Crippen LogP contribution in [-0.4, -0.2) is 18.7 Å². The fourth-order valence-electron chi connectivity index (χ4n) is 0.685. The third kappa shape index (κ3) is 6.44. The Morgan fingerprint density at radius 1 is 0.857 bits per heavy atom. The second-order valence-electron chi connectivity index (χ2n) is 2.88. The second kappa shape index (κ2) is 5.77. The highest BCUT2D eigenvalue weighted by Gasteiger charge is 2.31. The maximum Gasteiger partial charge on any atom is 0.479 e. The van der Waals surface area contributed by atoms with Crippen molar-refractivity contribution in [3.63, 3.8) is 0 Å². The third-order valence-corrected chi connectivity index (χ3v) is 2.66. The Morgan fingerprint density at radius 2 is 1.07 bits per heavy atom. The summed E-state index contributed by atoms with van der Waals surface area (Å²) in [6.45, 7) is 4.46. The first-order chi connectivity index (χ1) is 6.25. The van der Waals surface area contributed by atoms with E-state index < -0.39 is 26.5 Å². The van der Waals surface area contributed by atoms with Crippen LogP contribution in [0.5, 0.6) is 0 Å². The van der Waals surface area contributed by atoms with Crippen LogP contribution in [0.15, 0.2) is 0 Å². The van der Waals surface area contributed by atoms with Gasteiger partial charge in [-0.3, -0.25) is 13.6 Å². The molecule has 86 valence electrons. The van der Waals surface area contributed by atoms with Crippen LogP contribution in [-0.2, 0) is 18.1 Å². The van der Waals surface area contributed by atoms with Crippen molar-refractivity contribution >= 4 is 7.82 Å². The zero-order valence-corrected chi connectivity index (χ0v) is 9.44. The molecule has 0 radical (unpaired) electrons. The van der Waals surface area contributed by atoms with Crippen molar-refractivity contribution in [3.8, 4) is 0 Å². The van der Waals surface area contributed by atoms with Crippen molar-refractivity contribution in [2.24, 2.45) is 17.2 Å². The zero-order valence-electron chi connectivity index (χ0n) is 8.54. The van der Waals surface area contributed by atoms with Crippen LogP contribution in [0.4, 0.5) is 0 Å². The van der Waals surface area contributed by atoms with Gasteiger partial charge < -0.3 is 17.2 Å². The molecule has 0 bridgehead atoms. The first kappa shape index (κ1) is 14.0. The van der Waals surface area contributed by atoms with E-state index in [1.165, 1.54) is 20.8 Å². The summed E-state index contributed by atoms with van der Waals surface area (Å²) in [5, 5.41) is 0. The van der Waals surface area contributed by atoms with E-state index in [0.717, 1.165) is 0 Å². The van der Waals surface area contributed by atoms with E-state index in [-0.39, 0.29) is 0 Å². The minimum Gasteiger partial charge on any atom is -0.306 e. The highest BCUT2D eigenvalue weighted by molar-refractivity contribution is 7.48. The minimum atomic E-state index is -3.76. The van der Waals surface area contributed by atoms with E-state index >= 15 is 0 Å². The Hall–Kier alpha value is -0.0100. The van der Waals surface area contributed by atoms with Gasteiger partial charge >= 0.3 is 7.82 Å². The normalized spacial score (nSPS) is 22.4. The molecule has 0 aromatic carbocycles. The lowest BCUT2D eigenvalue weighted by molar-refractivity contribution is 0.0479. The lowest BCUT2D eigenvalue weighted by atomic mass is 10.7. The fourth-order valence-corrected chi connectivity index (χ4v) is 2.06. The van der Waals surface area contributed by atoms with Crippen molar-refractivity contribution in [1.82, 2.24) is 0 Å². The number of nitrogens with two attached hydrogens (primary N) is 3. The van der Waals surface area contributed by atoms with Crippen molar-refractivity contribution in [3.05, 3.63) is 0 Å². The van der Waals surface area contributed by atoms with E-state index in [0.29, 0.717) is 0 Å². The standard InChI is InChI=1S/C6H18N3O4P/c1-4(7)11-14(10,12-5(2)8)13-6(3)9/h4-6H,7-9H2,1-3H3. The summed E-state index contributed by atoms with van der Waals surface area (Å²) < 4.78 is 26.1. The lowest BCUT2D eigenvalue weighted by Crippen LogP contribution is -2.27. The SMILES string of the molecule is CC(N)OP(=O)(OC(C)N)OC(C)N. The van der Waals surface area contributed by atoms with Gasteiger partial charge in [-0.1, -0.05) is 0 Å². The average Bonchev–Trinajstić information content (AvgIpc) is 1.76. The summed E-state index contributed by atoms with van der Waals surface area (Å²) in [6, 6.07) is 0. The Labute approximate surface area is 83.5 Å². The maximum atomic E-state index is 11.7. The number of hydrogen-bond acceptors (Lipinski definition) is 7. The molecule has 0 aromatic heterocycles. The lowest BCUT2D eigenvalue weighted by Gasteiger charge is -2.22. The van der Waals surface area contributed by atoms with Crippen LogP contribution in [0, 0.1) is 0 Å². The topological polar surface area (TPSA) is 123 Å². The molecule has 0 spiro atoms. The largest absolute Gasteiger partial charge is 0.479 e. The molecule has 0 saturated carbocycles. The second-order valence-corrected chi connectivity index (χ2v) is 4.41. The summed E-state index contributed by atoms with van der Waals surface area (Å²) in [6.07, 6.45) is -2.38. The summed E-state index contributed by atoms with van der Waals surface area (Å²) in [7, 11) is -3.76. The average molecular weight is 227 g/mol. The molecule has 0 amide bonds. The molecular weight excluding hydrogens is 209 g/mol. The van der Waals surface area contributed by atoms with Gasteiger partial charge in [-0.25, -0.2) is 4.57 Å². The molecule has 14 heavy (non-hydrogen) atoms. The van der Waals surface area contributed by atoms with E-state index in [9.17, 15) is 4.57 Å². The van der Waals surface area contributed by atoms with Gasteiger partial charge in [0.1, 0.15) is 18.7 Å². The van der Waals surface area contributed by atoms with Gasteiger partial charge in [0.2, 0.25) is 0 Å². The molecule has 0 aliphatic rings. The summed E-state index contributed by atoms with van der Waals surface area (Å²) in [4.78, 5) is 0. The van der Waals surface area contributed by atoms with Gasteiger partial charge in [-0.05, 0) is 20.8 Å².